The Kier molecular flexibility index (Phi) is 4.00. The van der Waals surface area contributed by atoms with E-state index in [2.05, 4.69) is 67.6 Å². The van der Waals surface area contributed by atoms with Crippen molar-refractivity contribution in [3.8, 4) is 0 Å². The van der Waals surface area contributed by atoms with Gasteiger partial charge in [-0.1, -0.05) is 12.1 Å². The van der Waals surface area contributed by atoms with Crippen LogP contribution in [0.25, 0.3) is 10.9 Å². The van der Waals surface area contributed by atoms with E-state index in [9.17, 15) is 0 Å². The molecular formula is C21H23N7. The Labute approximate surface area is 163 Å². The topological polar surface area (TPSA) is 85.5 Å². The molecule has 3 heterocycles. The molecule has 142 valence electrons. The van der Waals surface area contributed by atoms with E-state index in [1.165, 1.54) is 29.5 Å². The Morgan fingerprint density at radius 3 is 2.93 bits per heavy atom. The van der Waals surface area contributed by atoms with Gasteiger partial charge in [-0.05, 0) is 43.5 Å². The van der Waals surface area contributed by atoms with Crippen molar-refractivity contribution < 1.29 is 0 Å². The molecule has 1 aliphatic rings. The highest BCUT2D eigenvalue weighted by Crippen LogP contribution is 2.39. The number of aromatic nitrogens is 5. The molecule has 0 bridgehead atoms. The molecule has 0 unspecified atom stereocenters. The lowest BCUT2D eigenvalue weighted by Crippen LogP contribution is -2.24. The number of benzene rings is 1. The maximum Gasteiger partial charge on any atom is 0.227 e. The summed E-state index contributed by atoms with van der Waals surface area (Å²) in [6.07, 6.45) is 6.24. The van der Waals surface area contributed by atoms with Gasteiger partial charge in [0, 0.05) is 48.0 Å². The zero-order valence-corrected chi connectivity index (χ0v) is 16.0. The summed E-state index contributed by atoms with van der Waals surface area (Å²) in [6.45, 7) is 2.17. The number of nitrogens with zero attached hydrogens (tertiary/aromatic N) is 4. The van der Waals surface area contributed by atoms with Crippen LogP contribution in [0.3, 0.4) is 0 Å². The van der Waals surface area contributed by atoms with Gasteiger partial charge in [0.2, 0.25) is 5.95 Å². The minimum Gasteiger partial charge on any atom is -0.361 e. The van der Waals surface area contributed by atoms with E-state index in [-0.39, 0.29) is 6.04 Å². The highest BCUT2D eigenvalue weighted by Gasteiger charge is 2.25. The van der Waals surface area contributed by atoms with E-state index in [1.807, 2.05) is 19.3 Å². The molecule has 3 aromatic heterocycles. The predicted molar refractivity (Wildman–Crippen MR) is 111 cm³/mol. The minimum absolute atomic E-state index is 0.126. The lowest BCUT2D eigenvalue weighted by atomic mass is 10.0. The molecule has 4 aromatic rings. The van der Waals surface area contributed by atoms with Gasteiger partial charge in [-0.15, -0.1) is 0 Å². The first-order valence-electron chi connectivity index (χ1n) is 9.63. The fraction of sp³-hybridized carbons (Fsp3) is 0.286. The van der Waals surface area contributed by atoms with Crippen LogP contribution in [0.4, 0.5) is 17.6 Å². The summed E-state index contributed by atoms with van der Waals surface area (Å²) in [5.41, 5.74) is 3.57. The molecule has 7 heteroatoms. The number of rotatable bonds is 6. The summed E-state index contributed by atoms with van der Waals surface area (Å²) in [5.74, 6) is 2.84. The Morgan fingerprint density at radius 1 is 1.18 bits per heavy atom. The highest BCUT2D eigenvalue weighted by atomic mass is 15.3. The van der Waals surface area contributed by atoms with Crippen LogP contribution < -0.4 is 10.2 Å². The van der Waals surface area contributed by atoms with E-state index in [1.54, 1.807) is 6.20 Å². The van der Waals surface area contributed by atoms with Crippen LogP contribution in [-0.2, 0) is 0 Å². The molecule has 1 saturated carbocycles. The maximum atomic E-state index is 4.69. The van der Waals surface area contributed by atoms with Gasteiger partial charge in [0.1, 0.15) is 5.82 Å². The standard InChI is InChI=1S/C21H23N7/c1-13(15-4-3-5-17-16(15)8-10-22-17)28(2)21-23-11-9-19(25-21)24-20-12-18(26-27-20)14-6-7-14/h3-5,8-14,22H,6-7H2,1-2H3,(H2,23,24,25,26,27)/t13-/m1/s1. The van der Waals surface area contributed by atoms with Crippen molar-refractivity contribution in [2.75, 3.05) is 17.3 Å². The number of hydrogen-bond donors (Lipinski definition) is 3. The minimum atomic E-state index is 0.126. The second-order valence-corrected chi connectivity index (χ2v) is 7.42. The average molecular weight is 373 g/mol. The van der Waals surface area contributed by atoms with Crippen LogP contribution in [0.5, 0.6) is 0 Å². The SMILES string of the molecule is C[C@H](c1cccc2[nH]ccc12)N(C)c1nccc(Nc2cc(C3CC3)[nH]n2)n1. The van der Waals surface area contributed by atoms with Crippen molar-refractivity contribution in [2.24, 2.45) is 0 Å². The van der Waals surface area contributed by atoms with Gasteiger partial charge in [0.25, 0.3) is 0 Å². The summed E-state index contributed by atoms with van der Waals surface area (Å²) < 4.78 is 0. The molecular weight excluding hydrogens is 350 g/mol. The lowest BCUT2D eigenvalue weighted by Gasteiger charge is -2.26. The summed E-state index contributed by atoms with van der Waals surface area (Å²) in [4.78, 5) is 14.5. The van der Waals surface area contributed by atoms with Crippen LogP contribution in [0.1, 0.15) is 43.0 Å². The van der Waals surface area contributed by atoms with Gasteiger partial charge in [0.15, 0.2) is 5.82 Å². The molecule has 0 spiro atoms. The molecule has 0 saturated heterocycles. The number of aromatic amines is 2. The van der Waals surface area contributed by atoms with Gasteiger partial charge in [-0.2, -0.15) is 10.1 Å². The van der Waals surface area contributed by atoms with Crippen molar-refractivity contribution in [1.82, 2.24) is 25.1 Å². The van der Waals surface area contributed by atoms with Crippen LogP contribution in [-0.4, -0.2) is 32.2 Å². The third kappa shape index (κ3) is 3.09. The summed E-state index contributed by atoms with van der Waals surface area (Å²) in [7, 11) is 2.02. The van der Waals surface area contributed by atoms with Crippen molar-refractivity contribution in [3.63, 3.8) is 0 Å². The zero-order valence-electron chi connectivity index (χ0n) is 16.0. The molecule has 5 rings (SSSR count). The average Bonchev–Trinajstić information content (AvgIpc) is 3.27. The Bertz CT molecular complexity index is 1110. The van der Waals surface area contributed by atoms with E-state index < -0.39 is 0 Å². The lowest BCUT2D eigenvalue weighted by molar-refractivity contribution is 0.721. The van der Waals surface area contributed by atoms with Gasteiger partial charge >= 0.3 is 0 Å². The number of fused-ring (bicyclic) bond motifs is 1. The second kappa shape index (κ2) is 6.67. The molecule has 1 atom stereocenters. The third-order valence-corrected chi connectivity index (χ3v) is 5.49. The van der Waals surface area contributed by atoms with Crippen LogP contribution in [0.2, 0.25) is 0 Å². The summed E-state index contributed by atoms with van der Waals surface area (Å²) >= 11 is 0. The van der Waals surface area contributed by atoms with Gasteiger partial charge in [-0.25, -0.2) is 4.98 Å². The van der Waals surface area contributed by atoms with Crippen molar-refractivity contribution in [3.05, 3.63) is 60.0 Å². The monoisotopic (exact) mass is 373 g/mol. The second-order valence-electron chi connectivity index (χ2n) is 7.42. The molecule has 28 heavy (non-hydrogen) atoms. The van der Waals surface area contributed by atoms with Crippen molar-refractivity contribution in [1.29, 1.82) is 0 Å². The Morgan fingerprint density at radius 2 is 2.07 bits per heavy atom. The zero-order chi connectivity index (χ0) is 19.1. The first kappa shape index (κ1) is 16.8. The molecule has 0 amide bonds. The van der Waals surface area contributed by atoms with E-state index in [4.69, 9.17) is 4.98 Å². The molecule has 1 aliphatic carbocycles. The molecule has 0 aliphatic heterocycles. The Balaban J connectivity index is 1.37. The molecule has 7 nitrogen and oxygen atoms in total. The third-order valence-electron chi connectivity index (χ3n) is 5.49. The fourth-order valence-electron chi connectivity index (χ4n) is 3.58. The number of hydrogen-bond acceptors (Lipinski definition) is 5. The molecule has 3 N–H and O–H groups in total. The molecule has 1 aromatic carbocycles. The normalized spacial score (nSPS) is 14.9. The highest BCUT2D eigenvalue weighted by molar-refractivity contribution is 5.83. The fourth-order valence-corrected chi connectivity index (χ4v) is 3.58. The first-order chi connectivity index (χ1) is 13.7. The van der Waals surface area contributed by atoms with E-state index in [0.29, 0.717) is 11.9 Å². The van der Waals surface area contributed by atoms with Gasteiger partial charge in [-0.3, -0.25) is 5.10 Å². The van der Waals surface area contributed by atoms with Crippen molar-refractivity contribution in [2.45, 2.75) is 31.7 Å². The van der Waals surface area contributed by atoms with Crippen LogP contribution >= 0.6 is 0 Å². The predicted octanol–water partition coefficient (Wildman–Crippen LogP) is 4.50. The van der Waals surface area contributed by atoms with E-state index in [0.717, 1.165) is 17.2 Å². The molecule has 0 radical (unpaired) electrons. The molecule has 1 fully saturated rings. The van der Waals surface area contributed by atoms with Crippen LogP contribution in [0, 0.1) is 0 Å². The first-order valence-corrected chi connectivity index (χ1v) is 9.63. The number of nitrogens with one attached hydrogen (secondary N) is 3. The van der Waals surface area contributed by atoms with Gasteiger partial charge < -0.3 is 15.2 Å². The smallest absolute Gasteiger partial charge is 0.227 e. The Hall–Kier alpha value is -3.35. The van der Waals surface area contributed by atoms with Crippen LogP contribution in [0.15, 0.2) is 48.8 Å². The van der Waals surface area contributed by atoms with Gasteiger partial charge in [0.05, 0.1) is 6.04 Å². The maximum absolute atomic E-state index is 4.69. The van der Waals surface area contributed by atoms with Crippen molar-refractivity contribution >= 4 is 28.5 Å². The quantitative estimate of drug-likeness (QED) is 0.463. The largest absolute Gasteiger partial charge is 0.361 e. The summed E-state index contributed by atoms with van der Waals surface area (Å²) in [6, 6.07) is 12.5. The summed E-state index contributed by atoms with van der Waals surface area (Å²) in [5, 5.41) is 12.0. The van der Waals surface area contributed by atoms with E-state index >= 15 is 0 Å². The number of anilines is 3. The number of H-pyrrole nitrogens is 2.